The SMILES string of the molecule is CNc1nc(N2CCC(F)CC2)c(C(=O)NC2CCCCC2)cc1[N+](=O)[O-]. The third-order valence-corrected chi connectivity index (χ3v) is 5.32. The summed E-state index contributed by atoms with van der Waals surface area (Å²) < 4.78 is 13.5. The monoisotopic (exact) mass is 379 g/mol. The van der Waals surface area contributed by atoms with Gasteiger partial charge >= 0.3 is 5.69 Å². The number of rotatable bonds is 5. The lowest BCUT2D eigenvalue weighted by atomic mass is 9.95. The van der Waals surface area contributed by atoms with Gasteiger partial charge in [-0.3, -0.25) is 14.9 Å². The van der Waals surface area contributed by atoms with Crippen LogP contribution in [0.5, 0.6) is 0 Å². The molecule has 0 bridgehead atoms. The molecule has 1 saturated carbocycles. The van der Waals surface area contributed by atoms with E-state index < -0.39 is 11.1 Å². The lowest BCUT2D eigenvalue weighted by molar-refractivity contribution is -0.384. The number of nitrogens with zero attached hydrogens (tertiary/aromatic N) is 3. The van der Waals surface area contributed by atoms with Crippen molar-refractivity contribution >= 4 is 23.2 Å². The maximum atomic E-state index is 13.5. The van der Waals surface area contributed by atoms with E-state index in [1.807, 2.05) is 4.90 Å². The number of nitro groups is 1. The number of carbonyl (C=O) groups excluding carboxylic acids is 1. The van der Waals surface area contributed by atoms with Gasteiger partial charge < -0.3 is 15.5 Å². The molecule has 0 unspecified atom stereocenters. The van der Waals surface area contributed by atoms with Crippen LogP contribution in [0.25, 0.3) is 0 Å². The summed E-state index contributed by atoms with van der Waals surface area (Å²) in [6.45, 7) is 0.859. The number of nitrogens with one attached hydrogen (secondary N) is 2. The van der Waals surface area contributed by atoms with Gasteiger partial charge in [0.2, 0.25) is 5.82 Å². The highest BCUT2D eigenvalue weighted by atomic mass is 19.1. The van der Waals surface area contributed by atoms with E-state index in [2.05, 4.69) is 15.6 Å². The maximum absolute atomic E-state index is 13.5. The van der Waals surface area contributed by atoms with Crippen molar-refractivity contribution in [1.29, 1.82) is 0 Å². The Morgan fingerprint density at radius 3 is 2.52 bits per heavy atom. The van der Waals surface area contributed by atoms with E-state index in [0.717, 1.165) is 25.7 Å². The third kappa shape index (κ3) is 4.45. The van der Waals surface area contributed by atoms with Crippen molar-refractivity contribution in [3.63, 3.8) is 0 Å². The average Bonchev–Trinajstić information content (AvgIpc) is 2.68. The summed E-state index contributed by atoms with van der Waals surface area (Å²) in [4.78, 5) is 30.0. The van der Waals surface area contributed by atoms with Crippen molar-refractivity contribution in [2.24, 2.45) is 0 Å². The van der Waals surface area contributed by atoms with Crippen molar-refractivity contribution in [2.75, 3.05) is 30.4 Å². The summed E-state index contributed by atoms with van der Waals surface area (Å²) in [7, 11) is 1.55. The maximum Gasteiger partial charge on any atom is 0.312 e. The molecule has 3 rings (SSSR count). The molecule has 0 spiro atoms. The molecule has 0 radical (unpaired) electrons. The molecule has 2 heterocycles. The van der Waals surface area contributed by atoms with E-state index in [0.29, 0.717) is 31.7 Å². The number of pyridine rings is 1. The predicted octanol–water partition coefficient (Wildman–Crippen LogP) is 3.03. The van der Waals surface area contributed by atoms with Crippen LogP contribution in [0.15, 0.2) is 6.07 Å². The second-order valence-electron chi connectivity index (χ2n) is 7.20. The van der Waals surface area contributed by atoms with Gasteiger partial charge in [-0.1, -0.05) is 19.3 Å². The Hall–Kier alpha value is -2.45. The van der Waals surface area contributed by atoms with Crippen LogP contribution < -0.4 is 15.5 Å². The van der Waals surface area contributed by atoms with E-state index in [9.17, 15) is 19.3 Å². The van der Waals surface area contributed by atoms with Crippen LogP contribution in [0.1, 0.15) is 55.3 Å². The number of amides is 1. The summed E-state index contributed by atoms with van der Waals surface area (Å²) in [6, 6.07) is 1.37. The highest BCUT2D eigenvalue weighted by molar-refractivity contribution is 6.00. The summed E-state index contributed by atoms with van der Waals surface area (Å²) in [5.41, 5.74) is -0.0565. The largest absolute Gasteiger partial charge is 0.367 e. The number of anilines is 2. The fourth-order valence-corrected chi connectivity index (χ4v) is 3.79. The van der Waals surface area contributed by atoms with Crippen LogP contribution in [0.4, 0.5) is 21.7 Å². The van der Waals surface area contributed by atoms with Gasteiger partial charge in [0.25, 0.3) is 5.91 Å². The first-order chi connectivity index (χ1) is 13.0. The fourth-order valence-electron chi connectivity index (χ4n) is 3.79. The molecular weight excluding hydrogens is 353 g/mol. The van der Waals surface area contributed by atoms with Gasteiger partial charge in [0.1, 0.15) is 12.0 Å². The third-order valence-electron chi connectivity index (χ3n) is 5.32. The molecule has 1 aliphatic carbocycles. The van der Waals surface area contributed by atoms with Gasteiger partial charge in [0, 0.05) is 32.2 Å². The lowest BCUT2D eigenvalue weighted by Gasteiger charge is -2.31. The molecule has 0 atom stereocenters. The standard InChI is InChI=1S/C18H26FN5O3/c1-20-16-15(24(26)27)11-14(18(25)21-13-5-3-2-4-6-13)17(22-16)23-9-7-12(19)8-10-23/h11-13H,2-10H2,1H3,(H,20,22)(H,21,25). The Bertz CT molecular complexity index is 700. The Morgan fingerprint density at radius 2 is 1.93 bits per heavy atom. The molecule has 9 heteroatoms. The fraction of sp³-hybridized carbons (Fsp3) is 0.667. The molecule has 1 aliphatic heterocycles. The second kappa shape index (κ2) is 8.49. The summed E-state index contributed by atoms with van der Waals surface area (Å²) in [5.74, 6) is 0.134. The zero-order valence-corrected chi connectivity index (χ0v) is 15.5. The van der Waals surface area contributed by atoms with Crippen LogP contribution in [-0.4, -0.2) is 48.2 Å². The highest BCUT2D eigenvalue weighted by Crippen LogP contribution is 2.32. The van der Waals surface area contributed by atoms with Crippen molar-refractivity contribution in [2.45, 2.75) is 57.2 Å². The van der Waals surface area contributed by atoms with Gasteiger partial charge in [0.05, 0.1) is 10.5 Å². The molecule has 1 aromatic rings. The Morgan fingerprint density at radius 1 is 1.26 bits per heavy atom. The summed E-state index contributed by atoms with van der Waals surface area (Å²) in [5, 5.41) is 17.1. The van der Waals surface area contributed by atoms with Crippen LogP contribution in [0, 0.1) is 10.1 Å². The minimum Gasteiger partial charge on any atom is -0.367 e. The average molecular weight is 379 g/mol. The van der Waals surface area contributed by atoms with Crippen molar-refractivity contribution in [3.8, 4) is 0 Å². The van der Waals surface area contributed by atoms with E-state index in [4.69, 9.17) is 0 Å². The number of hydrogen-bond acceptors (Lipinski definition) is 6. The first-order valence-corrected chi connectivity index (χ1v) is 9.56. The molecule has 1 amide bonds. The van der Waals surface area contributed by atoms with Crippen molar-refractivity contribution < 1.29 is 14.1 Å². The molecule has 148 valence electrons. The number of alkyl halides is 1. The molecule has 1 aromatic heterocycles. The zero-order chi connectivity index (χ0) is 19.4. The lowest BCUT2D eigenvalue weighted by Crippen LogP contribution is -2.39. The van der Waals surface area contributed by atoms with E-state index in [1.54, 1.807) is 7.05 Å². The number of carbonyl (C=O) groups is 1. The van der Waals surface area contributed by atoms with Gasteiger partial charge in [0.15, 0.2) is 0 Å². The first-order valence-electron chi connectivity index (χ1n) is 9.56. The Labute approximate surface area is 157 Å². The van der Waals surface area contributed by atoms with Crippen molar-refractivity contribution in [3.05, 3.63) is 21.7 Å². The topological polar surface area (TPSA) is 100 Å². The quantitative estimate of drug-likeness (QED) is 0.602. The van der Waals surface area contributed by atoms with E-state index >= 15 is 0 Å². The highest BCUT2D eigenvalue weighted by Gasteiger charge is 2.29. The molecule has 0 aromatic carbocycles. The first kappa shape index (κ1) is 19.3. The van der Waals surface area contributed by atoms with Gasteiger partial charge in [-0.25, -0.2) is 9.37 Å². The Kier molecular flexibility index (Phi) is 6.08. The number of piperidine rings is 1. The predicted molar refractivity (Wildman–Crippen MR) is 101 cm³/mol. The van der Waals surface area contributed by atoms with Gasteiger partial charge in [-0.2, -0.15) is 0 Å². The molecule has 2 fully saturated rings. The second-order valence-corrected chi connectivity index (χ2v) is 7.20. The van der Waals surface area contributed by atoms with Crippen molar-refractivity contribution in [1.82, 2.24) is 10.3 Å². The van der Waals surface area contributed by atoms with E-state index in [-0.39, 0.29) is 29.0 Å². The summed E-state index contributed by atoms with van der Waals surface area (Å²) >= 11 is 0. The summed E-state index contributed by atoms with van der Waals surface area (Å²) in [6.07, 6.45) is 4.99. The van der Waals surface area contributed by atoms with Gasteiger partial charge in [-0.05, 0) is 25.7 Å². The normalized spacial score (nSPS) is 19.0. The smallest absolute Gasteiger partial charge is 0.312 e. The minimum absolute atomic E-state index is 0.0821. The molecule has 8 nitrogen and oxygen atoms in total. The molecule has 2 N–H and O–H groups in total. The molecular formula is C18H26FN5O3. The Balaban J connectivity index is 1.93. The van der Waals surface area contributed by atoms with Crippen LogP contribution in [0.2, 0.25) is 0 Å². The number of halogens is 1. The number of aromatic nitrogens is 1. The van der Waals surface area contributed by atoms with Gasteiger partial charge in [-0.15, -0.1) is 0 Å². The number of hydrogen-bond donors (Lipinski definition) is 2. The molecule has 2 aliphatic rings. The van der Waals surface area contributed by atoms with Crippen LogP contribution in [-0.2, 0) is 0 Å². The molecule has 1 saturated heterocycles. The van der Waals surface area contributed by atoms with Crippen LogP contribution >= 0.6 is 0 Å². The van der Waals surface area contributed by atoms with E-state index in [1.165, 1.54) is 12.5 Å². The van der Waals surface area contributed by atoms with Crippen LogP contribution in [0.3, 0.4) is 0 Å². The molecule has 27 heavy (non-hydrogen) atoms. The minimum atomic E-state index is -0.859. The zero-order valence-electron chi connectivity index (χ0n) is 15.5.